The zero-order valence-corrected chi connectivity index (χ0v) is 18.8. The summed E-state index contributed by atoms with van der Waals surface area (Å²) in [5.74, 6) is -2.24. The van der Waals surface area contributed by atoms with Gasteiger partial charge in [0.1, 0.15) is 30.5 Å². The van der Waals surface area contributed by atoms with Crippen molar-refractivity contribution >= 4 is 24.2 Å². The second-order valence-electron chi connectivity index (χ2n) is 5.62. The lowest BCUT2D eigenvalue weighted by atomic mass is 10.0. The van der Waals surface area contributed by atoms with Gasteiger partial charge in [-0.15, -0.1) is 0 Å². The number of carboxylic acid groups (broad SMARTS) is 3. The fraction of sp³-hybridized carbons (Fsp3) is 0.778. The molecule has 0 bridgehead atoms. The third-order valence-electron chi connectivity index (χ3n) is 2.75. The molecular weight excluding hydrogens is 456 g/mol. The summed E-state index contributed by atoms with van der Waals surface area (Å²) in [5, 5.41) is 90.7. The van der Waals surface area contributed by atoms with Crippen LogP contribution in [0.3, 0.4) is 0 Å². The highest BCUT2D eigenvalue weighted by molar-refractivity contribution is 5.66. The van der Waals surface area contributed by atoms with Crippen LogP contribution in [-0.2, 0) is 19.2 Å². The van der Waals surface area contributed by atoms with Crippen molar-refractivity contribution in [3.8, 4) is 0 Å². The quantitative estimate of drug-likeness (QED) is 0.131. The van der Waals surface area contributed by atoms with Crippen LogP contribution in [0, 0.1) is 0 Å². The monoisotopic (exact) mass is 494 g/mol. The molecule has 0 radical (unpaired) electrons. The third-order valence-corrected chi connectivity index (χ3v) is 2.75. The van der Waals surface area contributed by atoms with Crippen molar-refractivity contribution in [2.24, 2.45) is 0 Å². The largest absolute Gasteiger partial charge is 0.481 e. The van der Waals surface area contributed by atoms with Gasteiger partial charge < -0.3 is 61.0 Å². The molecule has 0 aromatic heterocycles. The molecule has 15 nitrogen and oxygen atoms in total. The highest BCUT2D eigenvalue weighted by atomic mass is 16.4. The van der Waals surface area contributed by atoms with Crippen molar-refractivity contribution in [1.29, 1.82) is 0 Å². The van der Waals surface area contributed by atoms with E-state index in [2.05, 4.69) is 0 Å². The van der Waals surface area contributed by atoms with Crippen LogP contribution in [0.25, 0.3) is 0 Å². The van der Waals surface area contributed by atoms with E-state index in [1.54, 1.807) is 20.8 Å². The van der Waals surface area contributed by atoms with E-state index in [0.717, 1.165) is 0 Å². The molecule has 0 aliphatic carbocycles. The second kappa shape index (κ2) is 29.8. The van der Waals surface area contributed by atoms with Crippen LogP contribution in [0.2, 0.25) is 0 Å². The van der Waals surface area contributed by atoms with E-state index in [-0.39, 0.29) is 38.8 Å². The first kappa shape index (κ1) is 41.1. The highest BCUT2D eigenvalue weighted by Gasteiger charge is 2.29. The number of hydrogen-bond donors (Lipinski definition) is 11. The smallest absolute Gasteiger partial charge is 0.303 e. The fourth-order valence-corrected chi connectivity index (χ4v) is 0.676. The summed E-state index contributed by atoms with van der Waals surface area (Å²) < 4.78 is 0. The van der Waals surface area contributed by atoms with Crippen molar-refractivity contribution in [3.63, 3.8) is 0 Å². The molecule has 0 aliphatic heterocycles. The van der Waals surface area contributed by atoms with Crippen LogP contribution in [-0.4, -0.2) is 131 Å². The molecule has 15 heteroatoms. The maximum Gasteiger partial charge on any atom is 0.303 e. The van der Waals surface area contributed by atoms with Crippen molar-refractivity contribution in [1.82, 2.24) is 0 Å². The number of carbonyl (C=O) groups excluding carboxylic acids is 1. The molecule has 0 heterocycles. The molecule has 4 atom stereocenters. The molecule has 0 amide bonds. The molecular formula is C18H38O15. The summed E-state index contributed by atoms with van der Waals surface area (Å²) in [7, 11) is 0. The molecule has 200 valence electrons. The van der Waals surface area contributed by atoms with Gasteiger partial charge in [0.15, 0.2) is 6.29 Å². The van der Waals surface area contributed by atoms with E-state index in [1.165, 1.54) is 0 Å². The summed E-state index contributed by atoms with van der Waals surface area (Å²) in [6, 6.07) is 0. The first-order valence-corrected chi connectivity index (χ1v) is 9.50. The normalized spacial score (nSPS) is 12.8. The minimum absolute atomic E-state index is 0.0258. The van der Waals surface area contributed by atoms with Crippen LogP contribution in [0.5, 0.6) is 0 Å². The minimum atomic E-state index is -1.79. The molecule has 0 aromatic carbocycles. The van der Waals surface area contributed by atoms with Crippen LogP contribution in [0.1, 0.15) is 40.0 Å². The number of aliphatic carboxylic acids is 3. The summed E-state index contributed by atoms with van der Waals surface area (Å²) in [5.41, 5.74) is 0. The molecule has 0 aromatic rings. The Balaban J connectivity index is -0.000000106. The van der Waals surface area contributed by atoms with Crippen LogP contribution in [0.15, 0.2) is 0 Å². The SMILES string of the molecule is CCC(=O)O.CCC(=O)O.CCC(=O)O.O=C[C@H](O)[C@@H](O)[C@H](O)[C@H](O)CO.OCC(O)CO. The number of rotatable bonds is 10. The average molecular weight is 494 g/mol. The Bertz CT molecular complexity index is 434. The number of carbonyl (C=O) groups is 4. The summed E-state index contributed by atoms with van der Waals surface area (Å²) in [4.78, 5) is 38.0. The van der Waals surface area contributed by atoms with E-state index in [0.29, 0.717) is 0 Å². The van der Waals surface area contributed by atoms with Crippen molar-refractivity contribution in [2.75, 3.05) is 19.8 Å². The number of carboxylic acids is 3. The fourth-order valence-electron chi connectivity index (χ4n) is 0.676. The highest BCUT2D eigenvalue weighted by Crippen LogP contribution is 2.02. The van der Waals surface area contributed by atoms with Gasteiger partial charge in [-0.05, 0) is 0 Å². The average Bonchev–Trinajstić information content (AvgIpc) is 2.82. The van der Waals surface area contributed by atoms with Gasteiger partial charge in [0, 0.05) is 19.3 Å². The first-order chi connectivity index (χ1) is 15.2. The van der Waals surface area contributed by atoms with Gasteiger partial charge in [-0.1, -0.05) is 20.8 Å². The van der Waals surface area contributed by atoms with Gasteiger partial charge in [0.05, 0.1) is 19.8 Å². The molecule has 0 fully saturated rings. The molecule has 0 saturated carbocycles. The summed E-state index contributed by atoms with van der Waals surface area (Å²) in [6.07, 6.45) is -7.13. The molecule has 0 spiro atoms. The van der Waals surface area contributed by atoms with E-state index < -0.39 is 55.0 Å². The standard InChI is InChI=1S/C6H12O6.C3H8O3.3C3H6O2/c7-1-3(9)5(11)6(12)4(10)2-8;4-1-3(6)2-5;3*1-2-3(4)5/h1,3-6,8-12H,2H2;3-6H,1-2H2;3*2H2,1H3,(H,4,5)/t3-,4+,5+,6+;;;;/m0..../s1. The Kier molecular flexibility index (Phi) is 37.0. The lowest BCUT2D eigenvalue weighted by Crippen LogP contribution is -2.46. The topological polar surface area (TPSA) is 291 Å². The maximum atomic E-state index is 9.90. The van der Waals surface area contributed by atoms with Crippen molar-refractivity contribution in [2.45, 2.75) is 70.6 Å². The van der Waals surface area contributed by atoms with Crippen LogP contribution < -0.4 is 0 Å². The van der Waals surface area contributed by atoms with E-state index >= 15 is 0 Å². The Morgan fingerprint density at radius 3 is 1.03 bits per heavy atom. The van der Waals surface area contributed by atoms with Gasteiger partial charge in [0.25, 0.3) is 0 Å². The van der Waals surface area contributed by atoms with Gasteiger partial charge in [0.2, 0.25) is 0 Å². The predicted molar refractivity (Wildman–Crippen MR) is 111 cm³/mol. The first-order valence-electron chi connectivity index (χ1n) is 9.50. The Hall–Kier alpha value is -2.24. The van der Waals surface area contributed by atoms with E-state index in [9.17, 15) is 19.2 Å². The van der Waals surface area contributed by atoms with Crippen LogP contribution in [0.4, 0.5) is 0 Å². The lowest BCUT2D eigenvalue weighted by Gasteiger charge is -2.22. The summed E-state index contributed by atoms with van der Waals surface area (Å²) >= 11 is 0. The maximum absolute atomic E-state index is 9.90. The van der Waals surface area contributed by atoms with Crippen molar-refractivity contribution < 1.29 is 75.3 Å². The lowest BCUT2D eigenvalue weighted by molar-refractivity contribution is -0.137. The number of aliphatic hydroxyl groups is 8. The summed E-state index contributed by atoms with van der Waals surface area (Å²) in [6.45, 7) is 3.31. The number of aliphatic hydroxyl groups excluding tert-OH is 8. The Morgan fingerprint density at radius 2 is 0.909 bits per heavy atom. The molecule has 0 rings (SSSR count). The third kappa shape index (κ3) is 40.6. The minimum Gasteiger partial charge on any atom is -0.481 e. The number of hydrogen-bond acceptors (Lipinski definition) is 12. The molecule has 0 aliphatic rings. The molecule has 0 saturated heterocycles. The number of aldehydes is 1. The molecule has 11 N–H and O–H groups in total. The van der Waals surface area contributed by atoms with Gasteiger partial charge in [-0.2, -0.15) is 0 Å². The second-order valence-corrected chi connectivity index (χ2v) is 5.62. The van der Waals surface area contributed by atoms with Crippen molar-refractivity contribution in [3.05, 3.63) is 0 Å². The molecule has 0 unspecified atom stereocenters. The zero-order chi connectivity index (χ0) is 27.6. The van der Waals surface area contributed by atoms with Gasteiger partial charge in [-0.25, -0.2) is 0 Å². The zero-order valence-electron chi connectivity index (χ0n) is 18.8. The van der Waals surface area contributed by atoms with E-state index in [1.807, 2.05) is 0 Å². The van der Waals surface area contributed by atoms with Gasteiger partial charge >= 0.3 is 17.9 Å². The predicted octanol–water partition coefficient (Wildman–Crippen LogP) is -3.60. The Morgan fingerprint density at radius 1 is 0.636 bits per heavy atom. The Labute approximate surface area is 190 Å². The van der Waals surface area contributed by atoms with Gasteiger partial charge in [-0.3, -0.25) is 14.4 Å². The van der Waals surface area contributed by atoms with E-state index in [4.69, 9.17) is 56.2 Å². The van der Waals surface area contributed by atoms with Crippen LogP contribution >= 0.6 is 0 Å². The molecule has 33 heavy (non-hydrogen) atoms.